The molecule has 1 aromatic carbocycles. The van der Waals surface area contributed by atoms with Crippen LogP contribution in [0.5, 0.6) is 11.5 Å². The van der Waals surface area contributed by atoms with Gasteiger partial charge in [-0.25, -0.2) is 0 Å². The number of fused-ring (bicyclic) bond motifs is 2. The minimum Gasteiger partial charge on any atom is -0.495 e. The average Bonchev–Trinajstić information content (AvgIpc) is 3.14. The number of hydrogen-bond acceptors (Lipinski definition) is 6. The van der Waals surface area contributed by atoms with E-state index in [0.717, 1.165) is 5.56 Å². The topological polar surface area (TPSA) is 74.7 Å². The number of methoxy groups -OCH3 is 2. The average molecular weight is 349 g/mol. The fourth-order valence-electron chi connectivity index (χ4n) is 2.92. The van der Waals surface area contributed by atoms with E-state index in [1.165, 1.54) is 26.5 Å². The van der Waals surface area contributed by atoms with Crippen LogP contribution < -0.4 is 14.9 Å². The largest absolute Gasteiger partial charge is 0.495 e. The molecule has 26 heavy (non-hydrogen) atoms. The van der Waals surface area contributed by atoms with Crippen LogP contribution in [0.4, 0.5) is 0 Å². The molecule has 0 aliphatic carbocycles. The predicted molar refractivity (Wildman–Crippen MR) is 98.5 cm³/mol. The van der Waals surface area contributed by atoms with Crippen LogP contribution in [0.15, 0.2) is 56.6 Å². The Morgan fingerprint density at radius 1 is 1.08 bits per heavy atom. The Balaban J connectivity index is 1.98. The number of furan rings is 1. The number of benzene rings is 1. The Morgan fingerprint density at radius 3 is 2.65 bits per heavy atom. The Labute approximate surface area is 148 Å². The molecule has 0 N–H and O–H groups in total. The smallest absolute Gasteiger partial charge is 0.206 e. The van der Waals surface area contributed by atoms with E-state index in [2.05, 4.69) is 4.98 Å². The van der Waals surface area contributed by atoms with E-state index in [4.69, 9.17) is 18.3 Å². The third kappa shape index (κ3) is 2.52. The van der Waals surface area contributed by atoms with Crippen molar-refractivity contribution >= 4 is 34.1 Å². The minimum absolute atomic E-state index is 0.227. The molecule has 0 spiro atoms. The number of aromatic nitrogens is 1. The van der Waals surface area contributed by atoms with Crippen molar-refractivity contribution in [3.05, 3.63) is 64.5 Å². The first-order valence-corrected chi connectivity index (χ1v) is 7.90. The van der Waals surface area contributed by atoms with Crippen molar-refractivity contribution in [2.24, 2.45) is 0 Å². The van der Waals surface area contributed by atoms with Crippen molar-refractivity contribution in [2.75, 3.05) is 14.2 Å². The van der Waals surface area contributed by atoms with Crippen molar-refractivity contribution in [3.8, 4) is 11.5 Å². The molecule has 0 radical (unpaired) electrons. The molecule has 0 fully saturated rings. The van der Waals surface area contributed by atoms with Crippen LogP contribution in [0.2, 0.25) is 0 Å². The van der Waals surface area contributed by atoms with Gasteiger partial charge in [-0.3, -0.25) is 9.78 Å². The van der Waals surface area contributed by atoms with Crippen LogP contribution in [0.3, 0.4) is 0 Å². The van der Waals surface area contributed by atoms with Gasteiger partial charge >= 0.3 is 0 Å². The van der Waals surface area contributed by atoms with E-state index in [9.17, 15) is 4.79 Å². The van der Waals surface area contributed by atoms with Crippen LogP contribution in [0.1, 0.15) is 11.3 Å². The highest BCUT2D eigenvalue weighted by Crippen LogP contribution is 2.42. The van der Waals surface area contributed by atoms with E-state index in [0.29, 0.717) is 33.6 Å². The van der Waals surface area contributed by atoms with E-state index in [-0.39, 0.29) is 11.0 Å². The Hall–Kier alpha value is -3.54. The summed E-state index contributed by atoms with van der Waals surface area (Å²) in [5.41, 5.74) is 1.41. The molecule has 0 bridgehead atoms. The minimum atomic E-state index is -0.227. The van der Waals surface area contributed by atoms with Crippen LogP contribution in [0.25, 0.3) is 34.1 Å². The van der Waals surface area contributed by atoms with Crippen molar-refractivity contribution in [3.63, 3.8) is 0 Å². The molecule has 0 amide bonds. The zero-order chi connectivity index (χ0) is 18.1. The second-order valence-electron chi connectivity index (χ2n) is 5.57. The quantitative estimate of drug-likeness (QED) is 0.552. The highest BCUT2D eigenvalue weighted by Gasteiger charge is 2.22. The number of ether oxygens (including phenoxy) is 2. The molecule has 0 saturated heterocycles. The first kappa shape index (κ1) is 16.0. The summed E-state index contributed by atoms with van der Waals surface area (Å²) in [6.07, 6.45) is 8.44. The molecule has 130 valence electrons. The van der Waals surface area contributed by atoms with Gasteiger partial charge in [0.1, 0.15) is 16.9 Å². The highest BCUT2D eigenvalue weighted by molar-refractivity contribution is 6.06. The second-order valence-corrected chi connectivity index (χ2v) is 5.57. The van der Waals surface area contributed by atoms with Crippen molar-refractivity contribution < 1.29 is 18.3 Å². The first-order valence-electron chi connectivity index (χ1n) is 7.90. The Bertz CT molecular complexity index is 1170. The van der Waals surface area contributed by atoms with E-state index < -0.39 is 0 Å². The molecule has 3 heterocycles. The number of hydrogen-bond donors (Lipinski definition) is 0. The Morgan fingerprint density at radius 2 is 1.92 bits per heavy atom. The van der Waals surface area contributed by atoms with Gasteiger partial charge in [0.2, 0.25) is 5.75 Å². The summed E-state index contributed by atoms with van der Waals surface area (Å²) in [5.74, 6) is 1.15. The summed E-state index contributed by atoms with van der Waals surface area (Å²) in [7, 11) is 3.00. The van der Waals surface area contributed by atoms with Gasteiger partial charge in [-0.15, -0.1) is 0 Å². The normalized spacial score (nSPS) is 11.5. The monoisotopic (exact) mass is 349 g/mol. The van der Waals surface area contributed by atoms with E-state index in [1.807, 2.05) is 18.2 Å². The van der Waals surface area contributed by atoms with Gasteiger partial charge in [0.25, 0.3) is 0 Å². The maximum absolute atomic E-state index is 12.8. The van der Waals surface area contributed by atoms with Crippen LogP contribution >= 0.6 is 0 Å². The summed E-state index contributed by atoms with van der Waals surface area (Å²) >= 11 is 0. The maximum Gasteiger partial charge on any atom is 0.206 e. The molecule has 3 aromatic heterocycles. The van der Waals surface area contributed by atoms with Crippen molar-refractivity contribution in [1.29, 1.82) is 0 Å². The fourth-order valence-corrected chi connectivity index (χ4v) is 2.92. The molecular formula is C20H15NO5. The standard InChI is InChI=1S/C20H15NO5/c1-23-17-14-7-9-25-18(14)20(24-2)19-16(17)15(22)10-13(26-19)6-5-12-4-3-8-21-11-12/h3-11H,1-2H3/b6-5+. The Kier molecular flexibility index (Phi) is 3.93. The lowest BCUT2D eigenvalue weighted by Gasteiger charge is -2.10. The lowest BCUT2D eigenvalue weighted by molar-refractivity contribution is 0.400. The summed E-state index contributed by atoms with van der Waals surface area (Å²) in [5, 5.41) is 0.972. The lowest BCUT2D eigenvalue weighted by Crippen LogP contribution is -2.04. The molecule has 0 saturated carbocycles. The highest BCUT2D eigenvalue weighted by atomic mass is 16.5. The SMILES string of the molecule is COc1c2occc2c(OC)c2c(=O)cc(/C=C/c3cccnc3)oc12. The summed E-state index contributed by atoms with van der Waals surface area (Å²) in [6, 6.07) is 6.88. The molecule has 6 heteroatoms. The van der Waals surface area contributed by atoms with Gasteiger partial charge in [0, 0.05) is 18.5 Å². The van der Waals surface area contributed by atoms with Gasteiger partial charge in [-0.05, 0) is 29.8 Å². The summed E-state index contributed by atoms with van der Waals surface area (Å²) in [4.78, 5) is 16.8. The molecule has 6 nitrogen and oxygen atoms in total. The molecule has 0 aliphatic heterocycles. The van der Waals surface area contributed by atoms with Gasteiger partial charge in [0.15, 0.2) is 16.6 Å². The number of rotatable bonds is 4. The third-order valence-electron chi connectivity index (χ3n) is 4.05. The first-order chi connectivity index (χ1) is 12.7. The molecule has 0 atom stereocenters. The molecule has 0 aliphatic rings. The number of pyridine rings is 1. The van der Waals surface area contributed by atoms with Gasteiger partial charge < -0.3 is 18.3 Å². The van der Waals surface area contributed by atoms with Gasteiger partial charge in [-0.2, -0.15) is 0 Å². The number of nitrogens with zero attached hydrogens (tertiary/aromatic N) is 1. The van der Waals surface area contributed by atoms with Crippen LogP contribution in [-0.2, 0) is 0 Å². The third-order valence-corrected chi connectivity index (χ3v) is 4.05. The lowest BCUT2D eigenvalue weighted by atomic mass is 10.1. The molecule has 0 unspecified atom stereocenters. The zero-order valence-electron chi connectivity index (χ0n) is 14.2. The van der Waals surface area contributed by atoms with Crippen molar-refractivity contribution in [1.82, 2.24) is 4.98 Å². The predicted octanol–water partition coefficient (Wildman–Crippen LogP) is 4.12. The molecule has 4 aromatic rings. The summed E-state index contributed by atoms with van der Waals surface area (Å²) < 4.78 is 22.3. The summed E-state index contributed by atoms with van der Waals surface area (Å²) in [6.45, 7) is 0. The fraction of sp³-hybridized carbons (Fsp3) is 0.100. The van der Waals surface area contributed by atoms with Gasteiger partial charge in [0.05, 0.1) is 25.9 Å². The molecule has 4 rings (SSSR count). The van der Waals surface area contributed by atoms with E-state index >= 15 is 0 Å². The maximum atomic E-state index is 12.8. The zero-order valence-corrected chi connectivity index (χ0v) is 14.2. The van der Waals surface area contributed by atoms with E-state index in [1.54, 1.807) is 24.5 Å². The van der Waals surface area contributed by atoms with Crippen LogP contribution in [0, 0.1) is 0 Å². The van der Waals surface area contributed by atoms with Gasteiger partial charge in [-0.1, -0.05) is 6.07 Å². The second kappa shape index (κ2) is 6.40. The van der Waals surface area contributed by atoms with Crippen molar-refractivity contribution in [2.45, 2.75) is 0 Å². The van der Waals surface area contributed by atoms with Crippen LogP contribution in [-0.4, -0.2) is 19.2 Å². The molecular weight excluding hydrogens is 334 g/mol.